The van der Waals surface area contributed by atoms with E-state index in [9.17, 15) is 0 Å². The summed E-state index contributed by atoms with van der Waals surface area (Å²) < 4.78 is 0. The lowest BCUT2D eigenvalue weighted by Crippen LogP contribution is -2.29. The number of nitrogens with zero attached hydrogens (tertiary/aromatic N) is 6. The lowest BCUT2D eigenvalue weighted by atomic mass is 10.1. The van der Waals surface area contributed by atoms with E-state index in [0.29, 0.717) is 0 Å². The number of hydrogen-bond acceptors (Lipinski definition) is 6. The number of aromatic nitrogens is 6. The van der Waals surface area contributed by atoms with Crippen LogP contribution in [0.2, 0.25) is 0 Å². The van der Waals surface area contributed by atoms with Crippen LogP contribution in [0.15, 0.2) is 48.8 Å². The average Bonchev–Trinajstić information content (AvgIpc) is 3.48. The van der Waals surface area contributed by atoms with Crippen LogP contribution in [0.3, 0.4) is 0 Å². The van der Waals surface area contributed by atoms with E-state index >= 15 is 0 Å². The van der Waals surface area contributed by atoms with E-state index in [1.165, 1.54) is 24.9 Å². The number of hydrogen-bond donors (Lipinski definition) is 2. The Morgan fingerprint density at radius 1 is 0.909 bits per heavy atom. The molecule has 2 N–H and O–H groups in total. The third-order valence-corrected chi connectivity index (χ3v) is 6.36. The van der Waals surface area contributed by atoms with Crippen LogP contribution < -0.4 is 9.80 Å². The average molecular weight is 439 g/mol. The molecule has 0 bridgehead atoms. The third-order valence-electron chi connectivity index (χ3n) is 6.36. The maximum absolute atomic E-state index is 4.98. The van der Waals surface area contributed by atoms with Gasteiger partial charge in [0.05, 0.1) is 34.3 Å². The highest BCUT2D eigenvalue weighted by Crippen LogP contribution is 2.32. The summed E-state index contributed by atoms with van der Waals surface area (Å²) in [6, 6.07) is 12.4. The van der Waals surface area contributed by atoms with E-state index in [1.807, 2.05) is 43.5 Å². The third kappa shape index (κ3) is 3.47. The molecule has 1 aromatic carbocycles. The van der Waals surface area contributed by atoms with Crippen LogP contribution in [0.25, 0.3) is 44.8 Å². The van der Waals surface area contributed by atoms with Crippen molar-refractivity contribution in [3.8, 4) is 22.8 Å². The minimum absolute atomic E-state index is 0.726. The Morgan fingerprint density at radius 3 is 2.64 bits per heavy atom. The van der Waals surface area contributed by atoms with Gasteiger partial charge in [0.2, 0.25) is 0 Å². The zero-order valence-electron chi connectivity index (χ0n) is 18.8. The van der Waals surface area contributed by atoms with Crippen molar-refractivity contribution in [1.29, 1.82) is 0 Å². The first-order chi connectivity index (χ1) is 16.2. The van der Waals surface area contributed by atoms with E-state index in [-0.39, 0.29) is 0 Å². The quantitative estimate of drug-likeness (QED) is 0.426. The Morgan fingerprint density at radius 2 is 1.79 bits per heavy atom. The number of rotatable bonds is 4. The lowest BCUT2D eigenvalue weighted by Gasteiger charge is -2.28. The minimum Gasteiger partial charge on any atom is -0.376 e. The molecule has 0 saturated carbocycles. The number of imidazole rings is 1. The topological polar surface area (TPSA) is 89.6 Å². The van der Waals surface area contributed by atoms with Crippen molar-refractivity contribution in [2.75, 3.05) is 37.0 Å². The van der Waals surface area contributed by atoms with Gasteiger partial charge in [0, 0.05) is 38.9 Å². The molecule has 0 spiro atoms. The van der Waals surface area contributed by atoms with Gasteiger partial charge < -0.3 is 14.8 Å². The van der Waals surface area contributed by atoms with E-state index in [1.54, 1.807) is 0 Å². The van der Waals surface area contributed by atoms with Gasteiger partial charge in [-0.05, 0) is 49.6 Å². The number of pyridine rings is 2. The predicted molar refractivity (Wildman–Crippen MR) is 133 cm³/mol. The van der Waals surface area contributed by atoms with Gasteiger partial charge in [-0.15, -0.1) is 0 Å². The molecule has 1 aliphatic heterocycles. The fraction of sp³-hybridized carbons (Fsp3) is 0.280. The second-order valence-corrected chi connectivity index (χ2v) is 8.80. The smallest absolute Gasteiger partial charge is 0.161 e. The zero-order valence-corrected chi connectivity index (χ0v) is 18.8. The minimum atomic E-state index is 0.726. The summed E-state index contributed by atoms with van der Waals surface area (Å²) in [5.41, 5.74) is 8.44. The highest BCUT2D eigenvalue weighted by Gasteiger charge is 2.19. The molecular weight excluding hydrogens is 412 g/mol. The van der Waals surface area contributed by atoms with Crippen LogP contribution in [-0.4, -0.2) is 57.3 Å². The van der Waals surface area contributed by atoms with Crippen molar-refractivity contribution in [2.24, 2.45) is 0 Å². The summed E-state index contributed by atoms with van der Waals surface area (Å²) in [4.78, 5) is 22.3. The van der Waals surface area contributed by atoms with Crippen LogP contribution in [0, 0.1) is 0 Å². The van der Waals surface area contributed by atoms with Gasteiger partial charge in [-0.1, -0.05) is 6.07 Å². The summed E-state index contributed by atoms with van der Waals surface area (Å²) in [7, 11) is 4.01. The monoisotopic (exact) mass is 438 g/mol. The largest absolute Gasteiger partial charge is 0.376 e. The van der Waals surface area contributed by atoms with Gasteiger partial charge >= 0.3 is 0 Å². The van der Waals surface area contributed by atoms with E-state index in [0.717, 1.165) is 63.6 Å². The highest BCUT2D eigenvalue weighted by molar-refractivity contribution is 5.95. The normalized spacial score (nSPS) is 14.3. The molecule has 1 fully saturated rings. The number of nitrogens with one attached hydrogen (secondary N) is 2. The molecule has 166 valence electrons. The molecule has 8 nitrogen and oxygen atoms in total. The standard InChI is InChI=1S/C25H26N8/c1-32(2)17-13-16(14-26-15-17)18-9-10-20-23(27-18)24(31-30-20)25-28-19-7-6-8-21(22(19)29-25)33-11-4-3-5-12-33/h6-10,13-15H,3-5,11-12H2,1-2H3,(H,28,29)(H,30,31). The zero-order chi connectivity index (χ0) is 22.4. The molecular formula is C25H26N8. The number of benzene rings is 1. The second-order valence-electron chi connectivity index (χ2n) is 8.80. The predicted octanol–water partition coefficient (Wildman–Crippen LogP) is 4.62. The molecule has 0 atom stereocenters. The maximum Gasteiger partial charge on any atom is 0.161 e. The molecule has 33 heavy (non-hydrogen) atoms. The van der Waals surface area contributed by atoms with E-state index in [4.69, 9.17) is 9.97 Å². The Labute approximate surface area is 191 Å². The fourth-order valence-electron chi connectivity index (χ4n) is 4.56. The first kappa shape index (κ1) is 19.7. The SMILES string of the molecule is CN(C)c1cncc(-c2ccc3[nH]nc(-c4nc5c(N6CCCCC6)cccc5[nH]4)c3n2)c1. The molecule has 1 aliphatic rings. The van der Waals surface area contributed by atoms with Gasteiger partial charge in [0.15, 0.2) is 11.5 Å². The van der Waals surface area contributed by atoms with Gasteiger partial charge in [0.25, 0.3) is 0 Å². The summed E-state index contributed by atoms with van der Waals surface area (Å²) in [6.45, 7) is 2.16. The molecule has 0 aliphatic carbocycles. The summed E-state index contributed by atoms with van der Waals surface area (Å²) >= 11 is 0. The molecule has 8 heteroatoms. The van der Waals surface area contributed by atoms with Crippen molar-refractivity contribution in [2.45, 2.75) is 19.3 Å². The Bertz CT molecular complexity index is 1440. The molecule has 5 aromatic rings. The van der Waals surface area contributed by atoms with Crippen molar-refractivity contribution in [3.63, 3.8) is 0 Å². The van der Waals surface area contributed by atoms with Crippen LogP contribution >= 0.6 is 0 Å². The van der Waals surface area contributed by atoms with Crippen LogP contribution in [0.4, 0.5) is 11.4 Å². The van der Waals surface area contributed by atoms with Gasteiger partial charge in [0.1, 0.15) is 11.0 Å². The van der Waals surface area contributed by atoms with Gasteiger partial charge in [-0.25, -0.2) is 9.97 Å². The fourth-order valence-corrected chi connectivity index (χ4v) is 4.56. The number of para-hydroxylation sites is 1. The lowest BCUT2D eigenvalue weighted by molar-refractivity contribution is 0.579. The number of H-pyrrole nitrogens is 2. The van der Waals surface area contributed by atoms with Gasteiger partial charge in [-0.2, -0.15) is 5.10 Å². The Hall–Kier alpha value is -3.94. The summed E-state index contributed by atoms with van der Waals surface area (Å²) in [6.07, 6.45) is 7.45. The molecule has 6 rings (SSSR count). The number of fused-ring (bicyclic) bond motifs is 2. The van der Waals surface area contributed by atoms with Crippen molar-refractivity contribution >= 4 is 33.4 Å². The van der Waals surface area contributed by atoms with E-state index < -0.39 is 0 Å². The van der Waals surface area contributed by atoms with E-state index in [2.05, 4.69) is 49.3 Å². The highest BCUT2D eigenvalue weighted by atomic mass is 15.2. The molecule has 0 unspecified atom stereocenters. The number of aromatic amines is 2. The Kier molecular flexibility index (Phi) is 4.71. The van der Waals surface area contributed by atoms with Crippen molar-refractivity contribution < 1.29 is 0 Å². The van der Waals surface area contributed by atoms with Gasteiger partial charge in [-0.3, -0.25) is 10.1 Å². The van der Waals surface area contributed by atoms with Crippen LogP contribution in [-0.2, 0) is 0 Å². The second kappa shape index (κ2) is 7.88. The maximum atomic E-state index is 4.98. The number of piperidine rings is 1. The number of anilines is 2. The van der Waals surface area contributed by atoms with Crippen LogP contribution in [0.5, 0.6) is 0 Å². The Balaban J connectivity index is 1.44. The molecule has 4 aromatic heterocycles. The molecule has 5 heterocycles. The molecule has 0 radical (unpaired) electrons. The van der Waals surface area contributed by atoms with Crippen LogP contribution in [0.1, 0.15) is 19.3 Å². The van der Waals surface area contributed by atoms with Crippen molar-refractivity contribution in [3.05, 3.63) is 48.8 Å². The molecule has 0 amide bonds. The van der Waals surface area contributed by atoms with Crippen molar-refractivity contribution in [1.82, 2.24) is 30.1 Å². The summed E-state index contributed by atoms with van der Waals surface area (Å²) in [5, 5.41) is 7.68. The molecule has 1 saturated heterocycles. The first-order valence-corrected chi connectivity index (χ1v) is 11.4. The summed E-state index contributed by atoms with van der Waals surface area (Å²) in [5.74, 6) is 0.727. The first-order valence-electron chi connectivity index (χ1n) is 11.4.